The highest BCUT2D eigenvalue weighted by Gasteiger charge is 2.12. The van der Waals surface area contributed by atoms with Crippen molar-refractivity contribution in [2.45, 2.75) is 0 Å². The van der Waals surface area contributed by atoms with Crippen molar-refractivity contribution in [3.05, 3.63) is 109 Å². The maximum Gasteiger partial charge on any atom is 0.343 e. The van der Waals surface area contributed by atoms with Gasteiger partial charge in [-0.25, -0.2) is 19.2 Å². The molecule has 0 N–H and O–H groups in total. The molecule has 0 atom stereocenters. The van der Waals surface area contributed by atoms with Crippen molar-refractivity contribution in [2.75, 3.05) is 79.3 Å². The Labute approximate surface area is 301 Å². The van der Waals surface area contributed by atoms with Gasteiger partial charge in [-0.2, -0.15) is 0 Å². The standard InChI is InChI=1S/C38H42O14/c1-3-35(39)49-27-23-45-19-17-43-21-25-47-31-9-5-29(6-10-31)37(41)51-33-13-15-34(16-14-33)52-38(42)30-7-11-32(12-8-30)48-26-22-44-18-20-46-24-28-50-36(40)4-2/h3-16H,1-2,17-28H2. The summed E-state index contributed by atoms with van der Waals surface area (Å²) in [5.41, 5.74) is 0.643. The minimum absolute atomic E-state index is 0.149. The van der Waals surface area contributed by atoms with Crippen LogP contribution in [0.25, 0.3) is 0 Å². The lowest BCUT2D eigenvalue weighted by Gasteiger charge is -2.10. The van der Waals surface area contributed by atoms with Crippen LogP contribution in [0.5, 0.6) is 23.0 Å². The molecule has 3 aromatic carbocycles. The lowest BCUT2D eigenvalue weighted by Crippen LogP contribution is -2.13. The highest BCUT2D eigenvalue weighted by molar-refractivity contribution is 5.92. The van der Waals surface area contributed by atoms with Crippen LogP contribution in [0.3, 0.4) is 0 Å². The van der Waals surface area contributed by atoms with E-state index in [2.05, 4.69) is 13.2 Å². The van der Waals surface area contributed by atoms with Crippen LogP contribution < -0.4 is 18.9 Å². The first-order valence-electron chi connectivity index (χ1n) is 16.3. The number of benzene rings is 3. The third kappa shape index (κ3) is 16.9. The van der Waals surface area contributed by atoms with Gasteiger partial charge in [0.2, 0.25) is 0 Å². The Hall–Kier alpha value is -5.54. The van der Waals surface area contributed by atoms with Crippen molar-refractivity contribution in [1.82, 2.24) is 0 Å². The first-order valence-corrected chi connectivity index (χ1v) is 16.3. The fourth-order valence-corrected chi connectivity index (χ4v) is 3.88. The second-order valence-corrected chi connectivity index (χ2v) is 10.2. The van der Waals surface area contributed by atoms with E-state index in [-0.39, 0.29) is 37.9 Å². The molecule has 3 aromatic rings. The molecule has 0 amide bonds. The number of carbonyl (C=O) groups excluding carboxylic acids is 4. The third-order valence-corrected chi connectivity index (χ3v) is 6.44. The Balaban J connectivity index is 1.27. The normalized spacial score (nSPS) is 10.5. The first kappa shape index (κ1) is 40.9. The lowest BCUT2D eigenvalue weighted by atomic mass is 10.2. The molecule has 0 aliphatic heterocycles. The van der Waals surface area contributed by atoms with Gasteiger partial charge in [-0.3, -0.25) is 0 Å². The predicted molar refractivity (Wildman–Crippen MR) is 186 cm³/mol. The topological polar surface area (TPSA) is 161 Å². The zero-order valence-corrected chi connectivity index (χ0v) is 28.7. The van der Waals surface area contributed by atoms with Crippen molar-refractivity contribution < 1.29 is 66.5 Å². The van der Waals surface area contributed by atoms with E-state index < -0.39 is 23.9 Å². The quantitative estimate of drug-likeness (QED) is 0.0496. The number of hydrogen-bond acceptors (Lipinski definition) is 14. The van der Waals surface area contributed by atoms with Gasteiger partial charge in [0, 0.05) is 12.2 Å². The van der Waals surface area contributed by atoms with E-state index >= 15 is 0 Å². The number of rotatable bonds is 26. The van der Waals surface area contributed by atoms with Crippen molar-refractivity contribution in [3.8, 4) is 23.0 Å². The molecule has 0 aliphatic carbocycles. The van der Waals surface area contributed by atoms with Gasteiger partial charge in [-0.1, -0.05) is 13.2 Å². The molecule has 0 bridgehead atoms. The smallest absolute Gasteiger partial charge is 0.343 e. The Bertz CT molecular complexity index is 1420. The summed E-state index contributed by atoms with van der Waals surface area (Å²) in [6.45, 7) is 10.1. The van der Waals surface area contributed by atoms with Gasteiger partial charge in [0.05, 0.1) is 64.0 Å². The number of esters is 4. The van der Waals surface area contributed by atoms with Gasteiger partial charge in [0.15, 0.2) is 0 Å². The van der Waals surface area contributed by atoms with E-state index in [9.17, 15) is 19.2 Å². The average molecular weight is 723 g/mol. The Morgan fingerprint density at radius 1 is 0.404 bits per heavy atom. The van der Waals surface area contributed by atoms with Gasteiger partial charge >= 0.3 is 23.9 Å². The van der Waals surface area contributed by atoms with Crippen LogP contribution in [0.2, 0.25) is 0 Å². The molecule has 278 valence electrons. The molecule has 14 heteroatoms. The first-order chi connectivity index (χ1) is 25.4. The Morgan fingerprint density at radius 3 is 1.02 bits per heavy atom. The van der Waals surface area contributed by atoms with E-state index in [1.54, 1.807) is 48.5 Å². The van der Waals surface area contributed by atoms with Crippen LogP contribution in [0.4, 0.5) is 0 Å². The van der Waals surface area contributed by atoms with Gasteiger partial charge in [0.1, 0.15) is 49.4 Å². The molecule has 52 heavy (non-hydrogen) atoms. The van der Waals surface area contributed by atoms with E-state index in [0.29, 0.717) is 75.5 Å². The van der Waals surface area contributed by atoms with Crippen molar-refractivity contribution in [1.29, 1.82) is 0 Å². The molecule has 0 radical (unpaired) electrons. The third-order valence-electron chi connectivity index (χ3n) is 6.44. The van der Waals surface area contributed by atoms with Crippen LogP contribution in [0.15, 0.2) is 98.1 Å². The fraction of sp³-hybridized carbons (Fsp3) is 0.316. The van der Waals surface area contributed by atoms with Crippen molar-refractivity contribution in [3.63, 3.8) is 0 Å². The van der Waals surface area contributed by atoms with Crippen LogP contribution in [-0.2, 0) is 38.0 Å². The van der Waals surface area contributed by atoms with Crippen LogP contribution in [-0.4, -0.2) is 103 Å². The average Bonchev–Trinajstić information content (AvgIpc) is 3.17. The van der Waals surface area contributed by atoms with Crippen LogP contribution >= 0.6 is 0 Å². The van der Waals surface area contributed by atoms with E-state index in [1.165, 1.54) is 24.3 Å². The summed E-state index contributed by atoms with van der Waals surface area (Å²) in [7, 11) is 0. The van der Waals surface area contributed by atoms with Crippen LogP contribution in [0, 0.1) is 0 Å². The molecule has 0 spiro atoms. The van der Waals surface area contributed by atoms with E-state index in [4.69, 9.17) is 47.4 Å². The molecular formula is C38H42O14. The Kier molecular flexibility index (Phi) is 19.3. The summed E-state index contributed by atoms with van der Waals surface area (Å²) in [6, 6.07) is 19.0. The molecule has 0 saturated heterocycles. The predicted octanol–water partition coefficient (Wildman–Crippen LogP) is 4.41. The largest absolute Gasteiger partial charge is 0.491 e. The zero-order valence-electron chi connectivity index (χ0n) is 28.7. The highest BCUT2D eigenvalue weighted by atomic mass is 16.6. The van der Waals surface area contributed by atoms with Crippen molar-refractivity contribution >= 4 is 23.9 Å². The monoisotopic (exact) mass is 722 g/mol. The number of ether oxygens (including phenoxy) is 10. The SMILES string of the molecule is C=CC(=O)OCCOCCOCCOc1ccc(C(=O)Oc2ccc(OC(=O)c3ccc(OCCOCCOCCOC(=O)C=C)cc3)cc2)cc1. The minimum Gasteiger partial charge on any atom is -0.491 e. The summed E-state index contributed by atoms with van der Waals surface area (Å²) >= 11 is 0. The maximum absolute atomic E-state index is 12.6. The van der Waals surface area contributed by atoms with Crippen molar-refractivity contribution in [2.24, 2.45) is 0 Å². The summed E-state index contributed by atoms with van der Waals surface area (Å²) in [4.78, 5) is 47.1. The molecule has 0 fully saturated rings. The second-order valence-electron chi connectivity index (χ2n) is 10.2. The summed E-state index contributed by atoms with van der Waals surface area (Å²) in [5, 5.41) is 0. The molecule has 0 unspecified atom stereocenters. The summed E-state index contributed by atoms with van der Waals surface area (Å²) in [5.74, 6) is -0.467. The molecule has 14 nitrogen and oxygen atoms in total. The minimum atomic E-state index is -0.567. The second kappa shape index (κ2) is 24.6. The van der Waals surface area contributed by atoms with Crippen LogP contribution in [0.1, 0.15) is 20.7 Å². The maximum atomic E-state index is 12.6. The summed E-state index contributed by atoms with van der Waals surface area (Å²) in [6.07, 6.45) is 2.18. The molecule has 0 aromatic heterocycles. The Morgan fingerprint density at radius 2 is 0.692 bits per heavy atom. The zero-order chi connectivity index (χ0) is 37.2. The molecule has 0 aliphatic rings. The number of carbonyl (C=O) groups is 4. The molecule has 0 heterocycles. The summed E-state index contributed by atoms with van der Waals surface area (Å²) < 4.78 is 53.1. The van der Waals surface area contributed by atoms with Gasteiger partial charge in [0.25, 0.3) is 0 Å². The number of hydrogen-bond donors (Lipinski definition) is 0. The molecule has 0 saturated carbocycles. The highest BCUT2D eigenvalue weighted by Crippen LogP contribution is 2.21. The fourth-order valence-electron chi connectivity index (χ4n) is 3.88. The van der Waals surface area contributed by atoms with Gasteiger partial charge in [-0.05, 0) is 72.8 Å². The molecule has 3 rings (SSSR count). The molecular weight excluding hydrogens is 680 g/mol. The van der Waals surface area contributed by atoms with Gasteiger partial charge in [-0.15, -0.1) is 0 Å². The van der Waals surface area contributed by atoms with E-state index in [0.717, 1.165) is 12.2 Å². The van der Waals surface area contributed by atoms with E-state index in [1.807, 2.05) is 0 Å². The lowest BCUT2D eigenvalue weighted by molar-refractivity contribution is -0.140. The van der Waals surface area contributed by atoms with Gasteiger partial charge < -0.3 is 47.4 Å².